The van der Waals surface area contributed by atoms with E-state index in [0.717, 1.165) is 109 Å². The maximum absolute atomic E-state index is 12.7. The highest BCUT2D eigenvalue weighted by Gasteiger charge is 2.21. The fourth-order valence-electron chi connectivity index (χ4n) is 6.90. The number of esters is 3. The summed E-state index contributed by atoms with van der Waals surface area (Å²) >= 11 is 0. The molecule has 0 spiro atoms. The van der Waals surface area contributed by atoms with Gasteiger partial charge in [-0.15, -0.1) is 0 Å². The fraction of sp³-hybridized carbons (Fsp3) is 0.844. The topological polar surface area (TPSA) is 82.1 Å². The SMILES string of the molecule is CCCCCC/C=C\COC(=O)CCCCCCCCC(CCCCCCCC(=O)OC/C=C\CCCCCC)COC(=O)CC1CCN(C)CC1. The van der Waals surface area contributed by atoms with Crippen LogP contribution in [0.3, 0.4) is 0 Å². The minimum absolute atomic E-state index is 0.0224. The number of likely N-dealkylation sites (tertiary alicyclic amines) is 1. The predicted octanol–water partition coefficient (Wildman–Crippen LogP) is 11.9. The van der Waals surface area contributed by atoms with Crippen molar-refractivity contribution in [2.45, 2.75) is 194 Å². The van der Waals surface area contributed by atoms with E-state index in [9.17, 15) is 14.4 Å². The lowest BCUT2D eigenvalue weighted by molar-refractivity contribution is -0.147. The van der Waals surface area contributed by atoms with Crippen LogP contribution in [0.4, 0.5) is 0 Å². The Hall–Kier alpha value is -2.15. The van der Waals surface area contributed by atoms with Crippen LogP contribution in [0.5, 0.6) is 0 Å². The summed E-state index contributed by atoms with van der Waals surface area (Å²) in [6.45, 7) is 7.91. The van der Waals surface area contributed by atoms with E-state index < -0.39 is 0 Å². The Bertz CT molecular complexity index is 909. The highest BCUT2D eigenvalue weighted by atomic mass is 16.5. The summed E-state index contributed by atoms with van der Waals surface area (Å²) in [4.78, 5) is 39.1. The van der Waals surface area contributed by atoms with E-state index in [1.807, 2.05) is 12.2 Å². The van der Waals surface area contributed by atoms with E-state index in [2.05, 4.69) is 37.9 Å². The second kappa shape index (κ2) is 35.9. The molecule has 7 nitrogen and oxygen atoms in total. The van der Waals surface area contributed by atoms with Crippen molar-refractivity contribution in [1.29, 1.82) is 0 Å². The number of ether oxygens (including phenoxy) is 3. The van der Waals surface area contributed by atoms with Gasteiger partial charge in [-0.2, -0.15) is 0 Å². The Labute approximate surface area is 320 Å². The molecule has 1 heterocycles. The van der Waals surface area contributed by atoms with Gasteiger partial charge in [0, 0.05) is 19.3 Å². The van der Waals surface area contributed by atoms with Gasteiger partial charge in [0.05, 0.1) is 6.61 Å². The first-order valence-corrected chi connectivity index (χ1v) is 21.9. The van der Waals surface area contributed by atoms with Crippen LogP contribution in [-0.2, 0) is 28.6 Å². The highest BCUT2D eigenvalue weighted by Crippen LogP contribution is 2.23. The van der Waals surface area contributed by atoms with Crippen molar-refractivity contribution < 1.29 is 28.6 Å². The van der Waals surface area contributed by atoms with Crippen LogP contribution < -0.4 is 0 Å². The summed E-state index contributed by atoms with van der Waals surface area (Å²) in [6, 6.07) is 0. The third-order valence-electron chi connectivity index (χ3n) is 10.5. The summed E-state index contributed by atoms with van der Waals surface area (Å²) in [5.41, 5.74) is 0. The second-order valence-electron chi connectivity index (χ2n) is 15.5. The quantitative estimate of drug-likeness (QED) is 0.0278. The molecule has 0 aliphatic carbocycles. The lowest BCUT2D eigenvalue weighted by Gasteiger charge is -2.28. The van der Waals surface area contributed by atoms with Gasteiger partial charge in [0.25, 0.3) is 0 Å². The monoisotopic (exact) mass is 732 g/mol. The van der Waals surface area contributed by atoms with Crippen molar-refractivity contribution in [3.63, 3.8) is 0 Å². The zero-order valence-corrected chi connectivity index (χ0v) is 34.2. The van der Waals surface area contributed by atoms with Crippen molar-refractivity contribution >= 4 is 17.9 Å². The molecule has 1 saturated heterocycles. The molecule has 1 aliphatic rings. The number of unbranched alkanes of at least 4 members (excludes halogenated alkanes) is 17. The van der Waals surface area contributed by atoms with E-state index in [4.69, 9.17) is 14.2 Å². The van der Waals surface area contributed by atoms with Gasteiger partial charge < -0.3 is 19.1 Å². The summed E-state index contributed by atoms with van der Waals surface area (Å²) in [5, 5.41) is 0. The van der Waals surface area contributed by atoms with Crippen LogP contribution in [-0.4, -0.2) is 62.8 Å². The number of nitrogens with zero attached hydrogens (tertiary/aromatic N) is 1. The smallest absolute Gasteiger partial charge is 0.306 e. The molecule has 1 atom stereocenters. The second-order valence-corrected chi connectivity index (χ2v) is 15.5. The molecule has 0 radical (unpaired) electrons. The zero-order valence-electron chi connectivity index (χ0n) is 34.2. The normalized spacial score (nSPS) is 14.7. The predicted molar refractivity (Wildman–Crippen MR) is 216 cm³/mol. The summed E-state index contributed by atoms with van der Waals surface area (Å²) in [5.74, 6) is 0.673. The van der Waals surface area contributed by atoms with Crippen molar-refractivity contribution in [3.05, 3.63) is 24.3 Å². The maximum Gasteiger partial charge on any atom is 0.306 e. The van der Waals surface area contributed by atoms with Crippen molar-refractivity contribution in [2.24, 2.45) is 11.8 Å². The largest absolute Gasteiger partial charge is 0.465 e. The molecule has 1 rings (SSSR count). The Morgan fingerprint density at radius 2 is 1.00 bits per heavy atom. The van der Waals surface area contributed by atoms with E-state index in [1.54, 1.807) is 0 Å². The van der Waals surface area contributed by atoms with Gasteiger partial charge in [-0.3, -0.25) is 14.4 Å². The first kappa shape index (κ1) is 47.9. The van der Waals surface area contributed by atoms with Crippen LogP contribution in [0, 0.1) is 11.8 Å². The first-order chi connectivity index (χ1) is 25.4. The highest BCUT2D eigenvalue weighted by molar-refractivity contribution is 5.70. The number of carbonyl (C=O) groups excluding carboxylic acids is 3. The number of hydrogen-bond acceptors (Lipinski definition) is 7. The Balaban J connectivity index is 2.21. The molecule has 1 fully saturated rings. The maximum atomic E-state index is 12.7. The molecule has 0 saturated carbocycles. The van der Waals surface area contributed by atoms with E-state index in [1.165, 1.54) is 64.2 Å². The Kier molecular flexibility index (Phi) is 33.0. The van der Waals surface area contributed by atoms with Gasteiger partial charge in [-0.05, 0) is 96.2 Å². The number of piperidine rings is 1. The standard InChI is InChI=1S/C45H81NO6/c1-4-6-8-10-14-21-27-37-50-43(47)31-25-19-13-12-17-23-29-42(40-52-45(49)39-41-33-35-46(3)36-34-41)30-24-18-16-20-26-32-44(48)51-38-28-22-15-11-9-7-5-2/h21-22,27-28,41-42H,4-20,23-26,29-40H2,1-3H3/b27-21-,28-22-. The zero-order chi connectivity index (χ0) is 37.7. The van der Waals surface area contributed by atoms with Crippen LogP contribution in [0.1, 0.15) is 194 Å². The molecular weight excluding hydrogens is 650 g/mol. The minimum atomic E-state index is -0.0907. The molecule has 0 aromatic rings. The average Bonchev–Trinajstić information content (AvgIpc) is 3.14. The molecular formula is C45H81NO6. The number of allylic oxidation sites excluding steroid dienone is 2. The van der Waals surface area contributed by atoms with Crippen molar-refractivity contribution in [1.82, 2.24) is 4.90 Å². The van der Waals surface area contributed by atoms with Crippen LogP contribution in [0.15, 0.2) is 24.3 Å². The molecule has 1 unspecified atom stereocenters. The van der Waals surface area contributed by atoms with Gasteiger partial charge in [0.2, 0.25) is 0 Å². The van der Waals surface area contributed by atoms with Gasteiger partial charge in [0.1, 0.15) is 13.2 Å². The Morgan fingerprint density at radius 3 is 1.48 bits per heavy atom. The van der Waals surface area contributed by atoms with Crippen LogP contribution >= 0.6 is 0 Å². The molecule has 0 aromatic heterocycles. The van der Waals surface area contributed by atoms with Crippen LogP contribution in [0.2, 0.25) is 0 Å². The molecule has 52 heavy (non-hydrogen) atoms. The number of carbonyl (C=O) groups is 3. The number of rotatable bonds is 35. The molecule has 302 valence electrons. The average molecular weight is 732 g/mol. The summed E-state index contributed by atoms with van der Waals surface area (Å²) in [7, 11) is 2.15. The van der Waals surface area contributed by atoms with Crippen molar-refractivity contribution in [2.75, 3.05) is 40.0 Å². The first-order valence-electron chi connectivity index (χ1n) is 21.9. The van der Waals surface area contributed by atoms with Gasteiger partial charge in [-0.1, -0.05) is 134 Å². The molecule has 0 amide bonds. The summed E-state index contributed by atoms with van der Waals surface area (Å²) < 4.78 is 16.6. The van der Waals surface area contributed by atoms with Gasteiger partial charge in [0.15, 0.2) is 0 Å². The third-order valence-corrected chi connectivity index (χ3v) is 10.5. The van der Waals surface area contributed by atoms with Gasteiger partial charge in [-0.25, -0.2) is 0 Å². The molecule has 0 N–H and O–H groups in total. The Morgan fingerprint density at radius 1 is 0.558 bits per heavy atom. The fourth-order valence-corrected chi connectivity index (χ4v) is 6.90. The lowest BCUT2D eigenvalue weighted by atomic mass is 9.93. The van der Waals surface area contributed by atoms with Gasteiger partial charge >= 0.3 is 17.9 Å². The van der Waals surface area contributed by atoms with E-state index in [-0.39, 0.29) is 17.9 Å². The summed E-state index contributed by atoms with van der Waals surface area (Å²) in [6.07, 6.45) is 38.3. The van der Waals surface area contributed by atoms with E-state index >= 15 is 0 Å². The lowest BCUT2D eigenvalue weighted by Crippen LogP contribution is -2.31. The van der Waals surface area contributed by atoms with E-state index in [0.29, 0.717) is 50.9 Å². The van der Waals surface area contributed by atoms with Crippen LogP contribution in [0.25, 0.3) is 0 Å². The molecule has 0 bridgehead atoms. The molecule has 7 heteroatoms. The third kappa shape index (κ3) is 31.4. The molecule has 0 aromatic carbocycles. The van der Waals surface area contributed by atoms with Crippen molar-refractivity contribution in [3.8, 4) is 0 Å². The minimum Gasteiger partial charge on any atom is -0.465 e. The number of hydrogen-bond donors (Lipinski definition) is 0. The molecule has 1 aliphatic heterocycles.